The Kier molecular flexibility index (Phi) is 5.04. The first-order chi connectivity index (χ1) is 12.4. The minimum Gasteiger partial charge on any atom is -0.505 e. The normalized spacial score (nSPS) is 17.2. The number of rotatable bonds is 5. The SMILES string of the molecule is CC1Cc2c(Cl)cc(N[C@@H](Cc3ccccc3)C(=O)O)c(O)c2C(=O)O1. The van der Waals surface area contributed by atoms with Crippen molar-refractivity contribution >= 4 is 29.2 Å². The van der Waals surface area contributed by atoms with Crippen molar-refractivity contribution < 1.29 is 24.5 Å². The molecule has 1 heterocycles. The number of aliphatic carboxylic acids is 1. The molecule has 6 nitrogen and oxygen atoms in total. The number of carboxylic acids is 1. The minimum atomic E-state index is -1.08. The smallest absolute Gasteiger partial charge is 0.342 e. The summed E-state index contributed by atoms with van der Waals surface area (Å²) in [6.45, 7) is 1.74. The molecule has 1 aliphatic rings. The number of halogens is 1. The Labute approximate surface area is 155 Å². The van der Waals surface area contributed by atoms with E-state index in [0.29, 0.717) is 12.0 Å². The lowest BCUT2D eigenvalue weighted by molar-refractivity contribution is -0.137. The van der Waals surface area contributed by atoms with Crippen molar-refractivity contribution in [3.63, 3.8) is 0 Å². The Morgan fingerprint density at radius 1 is 1.38 bits per heavy atom. The molecule has 26 heavy (non-hydrogen) atoms. The van der Waals surface area contributed by atoms with E-state index < -0.39 is 18.0 Å². The van der Waals surface area contributed by atoms with Crippen LogP contribution in [-0.2, 0) is 22.4 Å². The average molecular weight is 376 g/mol. The third-order valence-corrected chi connectivity index (χ3v) is 4.60. The first kappa shape index (κ1) is 18.1. The molecule has 2 aromatic rings. The second kappa shape index (κ2) is 7.25. The molecule has 0 aromatic heterocycles. The molecule has 0 aliphatic carbocycles. The fourth-order valence-corrected chi connectivity index (χ4v) is 3.30. The number of aromatic hydroxyl groups is 1. The molecule has 136 valence electrons. The first-order valence-corrected chi connectivity index (χ1v) is 8.53. The lowest BCUT2D eigenvalue weighted by Crippen LogP contribution is -2.32. The van der Waals surface area contributed by atoms with Crippen LogP contribution in [0.1, 0.15) is 28.4 Å². The number of hydrogen-bond donors (Lipinski definition) is 3. The molecule has 0 amide bonds. The van der Waals surface area contributed by atoms with Gasteiger partial charge < -0.3 is 20.3 Å². The third-order valence-electron chi connectivity index (χ3n) is 4.27. The Morgan fingerprint density at radius 2 is 2.08 bits per heavy atom. The third kappa shape index (κ3) is 3.60. The van der Waals surface area contributed by atoms with E-state index in [0.717, 1.165) is 5.56 Å². The van der Waals surface area contributed by atoms with Crippen LogP contribution in [0.25, 0.3) is 0 Å². The molecular weight excluding hydrogens is 358 g/mol. The largest absolute Gasteiger partial charge is 0.505 e. The summed E-state index contributed by atoms with van der Waals surface area (Å²) in [5.74, 6) is -2.10. The van der Waals surface area contributed by atoms with E-state index in [4.69, 9.17) is 16.3 Å². The topological polar surface area (TPSA) is 95.9 Å². The minimum absolute atomic E-state index is 0.0121. The number of hydrogen-bond acceptors (Lipinski definition) is 5. The number of carbonyl (C=O) groups excluding carboxylic acids is 1. The summed E-state index contributed by atoms with van der Waals surface area (Å²) in [6, 6.07) is 9.55. The Balaban J connectivity index is 1.93. The molecule has 1 aliphatic heterocycles. The van der Waals surface area contributed by atoms with Crippen molar-refractivity contribution in [3.8, 4) is 5.75 Å². The second-order valence-corrected chi connectivity index (χ2v) is 6.66. The lowest BCUT2D eigenvalue weighted by Gasteiger charge is -2.25. The number of anilines is 1. The second-order valence-electron chi connectivity index (χ2n) is 6.25. The highest BCUT2D eigenvalue weighted by atomic mass is 35.5. The fourth-order valence-electron chi connectivity index (χ4n) is 3.02. The van der Waals surface area contributed by atoms with Crippen LogP contribution in [0.2, 0.25) is 5.02 Å². The van der Waals surface area contributed by atoms with E-state index in [-0.39, 0.29) is 34.5 Å². The fraction of sp³-hybridized carbons (Fsp3) is 0.263. The van der Waals surface area contributed by atoms with E-state index >= 15 is 0 Å². The number of benzene rings is 2. The van der Waals surface area contributed by atoms with Crippen molar-refractivity contribution in [2.75, 3.05) is 5.32 Å². The van der Waals surface area contributed by atoms with Crippen LogP contribution in [0.5, 0.6) is 5.75 Å². The number of carbonyl (C=O) groups is 2. The van der Waals surface area contributed by atoms with Gasteiger partial charge in [-0.1, -0.05) is 41.9 Å². The quantitative estimate of drug-likeness (QED) is 0.548. The van der Waals surface area contributed by atoms with Gasteiger partial charge in [-0.2, -0.15) is 0 Å². The van der Waals surface area contributed by atoms with E-state index in [1.807, 2.05) is 30.3 Å². The number of fused-ring (bicyclic) bond motifs is 1. The molecule has 0 spiro atoms. The summed E-state index contributed by atoms with van der Waals surface area (Å²) in [4.78, 5) is 23.8. The molecule has 0 radical (unpaired) electrons. The van der Waals surface area contributed by atoms with E-state index in [9.17, 15) is 19.8 Å². The van der Waals surface area contributed by atoms with Gasteiger partial charge in [-0.3, -0.25) is 0 Å². The van der Waals surface area contributed by atoms with Gasteiger partial charge >= 0.3 is 11.9 Å². The van der Waals surface area contributed by atoms with Crippen molar-refractivity contribution in [3.05, 3.63) is 58.1 Å². The molecule has 0 saturated heterocycles. The summed E-state index contributed by atoms with van der Waals surface area (Å²) in [7, 11) is 0. The number of ether oxygens (including phenoxy) is 1. The number of cyclic esters (lactones) is 1. The molecule has 0 bridgehead atoms. The molecule has 7 heteroatoms. The van der Waals surface area contributed by atoms with E-state index in [1.54, 1.807) is 6.92 Å². The number of phenols is 1. The maximum Gasteiger partial charge on any atom is 0.342 e. The summed E-state index contributed by atoms with van der Waals surface area (Å²) >= 11 is 6.27. The van der Waals surface area contributed by atoms with Gasteiger partial charge in [0.15, 0.2) is 5.75 Å². The van der Waals surface area contributed by atoms with Crippen molar-refractivity contribution in [2.45, 2.75) is 31.9 Å². The molecular formula is C19H18ClNO5. The highest BCUT2D eigenvalue weighted by Crippen LogP contribution is 2.39. The maximum absolute atomic E-state index is 12.1. The molecule has 3 N–H and O–H groups in total. The number of esters is 1. The first-order valence-electron chi connectivity index (χ1n) is 8.15. The van der Waals surface area contributed by atoms with Crippen LogP contribution >= 0.6 is 11.6 Å². The van der Waals surface area contributed by atoms with Gasteiger partial charge in [-0.15, -0.1) is 0 Å². The van der Waals surface area contributed by atoms with Crippen molar-refractivity contribution in [1.82, 2.24) is 0 Å². The van der Waals surface area contributed by atoms with Crippen LogP contribution < -0.4 is 5.32 Å². The number of phenolic OH excluding ortho intramolecular Hbond substituents is 1. The van der Waals surface area contributed by atoms with Crippen LogP contribution in [0, 0.1) is 0 Å². The van der Waals surface area contributed by atoms with Crippen molar-refractivity contribution in [1.29, 1.82) is 0 Å². The molecule has 3 rings (SSSR count). The highest BCUT2D eigenvalue weighted by molar-refractivity contribution is 6.32. The van der Waals surface area contributed by atoms with Crippen LogP contribution in [-0.4, -0.2) is 34.3 Å². The summed E-state index contributed by atoms with van der Waals surface area (Å²) in [5.41, 5.74) is 1.41. The predicted octanol–water partition coefficient (Wildman–Crippen LogP) is 3.25. The molecule has 0 saturated carbocycles. The van der Waals surface area contributed by atoms with Crippen LogP contribution in [0.3, 0.4) is 0 Å². The monoisotopic (exact) mass is 375 g/mol. The molecule has 2 atom stereocenters. The van der Waals surface area contributed by atoms with Gasteiger partial charge in [0.1, 0.15) is 17.7 Å². The van der Waals surface area contributed by atoms with Crippen LogP contribution in [0.15, 0.2) is 36.4 Å². The molecule has 2 aromatic carbocycles. The molecule has 1 unspecified atom stereocenters. The zero-order valence-corrected chi connectivity index (χ0v) is 14.8. The Bertz CT molecular complexity index is 853. The number of nitrogens with one attached hydrogen (secondary N) is 1. The number of carboxylic acid groups (broad SMARTS) is 1. The van der Waals surface area contributed by atoms with Gasteiger partial charge in [0.2, 0.25) is 0 Å². The van der Waals surface area contributed by atoms with E-state index in [1.165, 1.54) is 6.07 Å². The Hall–Kier alpha value is -2.73. The maximum atomic E-state index is 12.1. The summed E-state index contributed by atoms with van der Waals surface area (Å²) < 4.78 is 5.15. The van der Waals surface area contributed by atoms with Crippen LogP contribution in [0.4, 0.5) is 5.69 Å². The van der Waals surface area contributed by atoms with Gasteiger partial charge in [-0.05, 0) is 24.1 Å². The lowest BCUT2D eigenvalue weighted by atomic mass is 9.96. The van der Waals surface area contributed by atoms with Gasteiger partial charge in [-0.25, -0.2) is 9.59 Å². The molecule has 0 fully saturated rings. The standard InChI is InChI=1S/C19H18ClNO5/c1-10-7-12-13(20)9-14(17(22)16(12)19(25)26-10)21-15(18(23)24)8-11-5-3-2-4-6-11/h2-6,9-10,15,21-22H,7-8H2,1H3,(H,23,24)/t10?,15-/m0/s1. The zero-order chi connectivity index (χ0) is 18.8. The highest BCUT2D eigenvalue weighted by Gasteiger charge is 2.31. The van der Waals surface area contributed by atoms with Crippen molar-refractivity contribution in [2.24, 2.45) is 0 Å². The summed E-state index contributed by atoms with van der Waals surface area (Å²) in [5, 5.41) is 23.1. The van der Waals surface area contributed by atoms with Gasteiger partial charge in [0.05, 0.1) is 5.69 Å². The predicted molar refractivity (Wildman–Crippen MR) is 96.9 cm³/mol. The zero-order valence-electron chi connectivity index (χ0n) is 14.0. The van der Waals surface area contributed by atoms with Gasteiger partial charge in [0, 0.05) is 17.9 Å². The Morgan fingerprint density at radius 3 is 2.73 bits per heavy atom. The van der Waals surface area contributed by atoms with E-state index in [2.05, 4.69) is 5.32 Å². The summed E-state index contributed by atoms with van der Waals surface area (Å²) in [6.07, 6.45) is 0.252. The van der Waals surface area contributed by atoms with Gasteiger partial charge in [0.25, 0.3) is 0 Å². The average Bonchev–Trinajstić information content (AvgIpc) is 2.59.